The van der Waals surface area contributed by atoms with Crippen molar-refractivity contribution in [2.24, 2.45) is 11.8 Å². The van der Waals surface area contributed by atoms with Crippen molar-refractivity contribution in [1.82, 2.24) is 9.80 Å². The fraction of sp³-hybridized carbons (Fsp3) is 0.667. The molecule has 4 nitrogen and oxygen atoms in total. The quantitative estimate of drug-likeness (QED) is 0.795. The van der Waals surface area contributed by atoms with E-state index in [9.17, 15) is 4.79 Å². The lowest BCUT2D eigenvalue weighted by atomic mass is 9.81. The van der Waals surface area contributed by atoms with Crippen LogP contribution in [0.15, 0.2) is 30.3 Å². The molecule has 4 heteroatoms. The first-order valence-corrected chi connectivity index (χ1v) is 9.82. The first-order valence-electron chi connectivity index (χ1n) is 9.82. The van der Waals surface area contributed by atoms with Gasteiger partial charge in [0.05, 0.1) is 6.61 Å². The molecule has 0 aliphatic carbocycles. The minimum atomic E-state index is 0.232. The molecule has 3 rings (SSSR count). The number of ether oxygens (including phenoxy) is 1. The molecule has 0 radical (unpaired) electrons. The van der Waals surface area contributed by atoms with Gasteiger partial charge in [0.25, 0.3) is 0 Å². The lowest BCUT2D eigenvalue weighted by Gasteiger charge is -2.36. The van der Waals surface area contributed by atoms with E-state index < -0.39 is 0 Å². The van der Waals surface area contributed by atoms with Crippen molar-refractivity contribution >= 4 is 5.91 Å². The predicted octanol–water partition coefficient (Wildman–Crippen LogP) is 3.17. The zero-order valence-corrected chi connectivity index (χ0v) is 15.5. The van der Waals surface area contributed by atoms with Gasteiger partial charge in [0.15, 0.2) is 0 Å². The molecule has 25 heavy (non-hydrogen) atoms. The average molecular weight is 344 g/mol. The maximum absolute atomic E-state index is 13.2. The highest BCUT2D eigenvalue weighted by atomic mass is 16.5. The van der Waals surface area contributed by atoms with E-state index in [1.807, 2.05) is 6.07 Å². The van der Waals surface area contributed by atoms with Gasteiger partial charge in [0.2, 0.25) is 5.91 Å². The Morgan fingerprint density at radius 3 is 2.52 bits per heavy atom. The number of methoxy groups -OCH3 is 1. The van der Waals surface area contributed by atoms with Gasteiger partial charge < -0.3 is 14.5 Å². The smallest absolute Gasteiger partial charge is 0.226 e. The van der Waals surface area contributed by atoms with E-state index in [0.717, 1.165) is 65.0 Å². The monoisotopic (exact) mass is 344 g/mol. The van der Waals surface area contributed by atoms with Crippen molar-refractivity contribution in [3.05, 3.63) is 35.9 Å². The van der Waals surface area contributed by atoms with Gasteiger partial charge >= 0.3 is 0 Å². The molecule has 2 aliphatic rings. The Hall–Kier alpha value is -1.39. The minimum absolute atomic E-state index is 0.232. The summed E-state index contributed by atoms with van der Waals surface area (Å²) in [4.78, 5) is 17.8. The van der Waals surface area contributed by atoms with Crippen molar-refractivity contribution in [2.45, 2.75) is 38.6 Å². The Balaban J connectivity index is 1.58. The summed E-state index contributed by atoms with van der Waals surface area (Å²) in [6, 6.07) is 10.4. The van der Waals surface area contributed by atoms with E-state index in [0.29, 0.717) is 11.8 Å². The zero-order chi connectivity index (χ0) is 17.5. The van der Waals surface area contributed by atoms with Crippen LogP contribution in [0.3, 0.4) is 0 Å². The number of piperidine rings is 1. The molecule has 1 atom stereocenters. The van der Waals surface area contributed by atoms with Crippen LogP contribution in [0.2, 0.25) is 0 Å². The number of hydrogen-bond acceptors (Lipinski definition) is 3. The molecule has 0 unspecified atom stereocenters. The number of hydrogen-bond donors (Lipinski definition) is 0. The van der Waals surface area contributed by atoms with Gasteiger partial charge in [0.1, 0.15) is 0 Å². The van der Waals surface area contributed by atoms with Crippen LogP contribution in [0.4, 0.5) is 0 Å². The molecule has 2 fully saturated rings. The molecule has 2 heterocycles. The van der Waals surface area contributed by atoms with Crippen molar-refractivity contribution < 1.29 is 9.53 Å². The molecule has 0 spiro atoms. The highest BCUT2D eigenvalue weighted by Crippen LogP contribution is 2.32. The topological polar surface area (TPSA) is 32.8 Å². The maximum atomic E-state index is 13.2. The molecule has 1 aromatic rings. The summed E-state index contributed by atoms with van der Waals surface area (Å²) in [5.74, 6) is 1.19. The lowest BCUT2D eigenvalue weighted by Crippen LogP contribution is -2.42. The number of amides is 1. The van der Waals surface area contributed by atoms with Gasteiger partial charge in [0, 0.05) is 32.7 Å². The summed E-state index contributed by atoms with van der Waals surface area (Å²) in [6.45, 7) is 5.71. The van der Waals surface area contributed by atoms with Crippen molar-refractivity contribution in [2.75, 3.05) is 39.9 Å². The van der Waals surface area contributed by atoms with E-state index in [-0.39, 0.29) is 5.92 Å². The van der Waals surface area contributed by atoms with Crippen molar-refractivity contribution in [3.63, 3.8) is 0 Å². The first kappa shape index (κ1) is 18.4. The summed E-state index contributed by atoms with van der Waals surface area (Å²) in [5.41, 5.74) is 1.24. The second-order valence-corrected chi connectivity index (χ2v) is 7.52. The molecular formula is C21H32N2O2. The standard InChI is InChI=1S/C21H32N2O2/c1-25-16-15-22-13-10-19(11-14-22)20-9-5-6-12-23(21(20)24)17-18-7-3-2-4-8-18/h2-4,7-8,19-20H,5-6,9-17H2,1H3/t20-/m1/s1. The van der Waals surface area contributed by atoms with Crippen LogP contribution in [0.25, 0.3) is 0 Å². The second-order valence-electron chi connectivity index (χ2n) is 7.52. The van der Waals surface area contributed by atoms with Crippen LogP contribution in [0.1, 0.15) is 37.7 Å². The second kappa shape index (κ2) is 9.35. The summed E-state index contributed by atoms with van der Waals surface area (Å²) >= 11 is 0. The third-order valence-electron chi connectivity index (χ3n) is 5.85. The predicted molar refractivity (Wildman–Crippen MR) is 100 cm³/mol. The summed E-state index contributed by atoms with van der Waals surface area (Å²) < 4.78 is 5.19. The highest BCUT2D eigenvalue weighted by molar-refractivity contribution is 5.79. The molecule has 0 aromatic heterocycles. The minimum Gasteiger partial charge on any atom is -0.383 e. The third-order valence-corrected chi connectivity index (χ3v) is 5.85. The van der Waals surface area contributed by atoms with Gasteiger partial charge in [-0.05, 0) is 50.3 Å². The molecule has 1 aromatic carbocycles. The van der Waals surface area contributed by atoms with E-state index in [1.165, 1.54) is 12.0 Å². The number of rotatable bonds is 6. The molecule has 1 amide bonds. The maximum Gasteiger partial charge on any atom is 0.226 e. The number of benzene rings is 1. The number of likely N-dealkylation sites (tertiary alicyclic amines) is 2. The van der Waals surface area contributed by atoms with Gasteiger partial charge in [-0.2, -0.15) is 0 Å². The van der Waals surface area contributed by atoms with Gasteiger partial charge in [-0.1, -0.05) is 36.8 Å². The van der Waals surface area contributed by atoms with E-state index in [4.69, 9.17) is 4.74 Å². The molecule has 0 saturated carbocycles. The van der Waals surface area contributed by atoms with E-state index in [1.54, 1.807) is 7.11 Å². The fourth-order valence-electron chi connectivity index (χ4n) is 4.33. The van der Waals surface area contributed by atoms with Crippen LogP contribution in [0, 0.1) is 11.8 Å². The Kier molecular flexibility index (Phi) is 6.88. The van der Waals surface area contributed by atoms with Crippen LogP contribution in [-0.2, 0) is 16.1 Å². The largest absolute Gasteiger partial charge is 0.383 e. The van der Waals surface area contributed by atoms with E-state index in [2.05, 4.69) is 34.1 Å². The van der Waals surface area contributed by atoms with Crippen molar-refractivity contribution in [3.8, 4) is 0 Å². The SMILES string of the molecule is COCCN1CCC([C@H]2CCCCN(Cc3ccccc3)C2=O)CC1. The zero-order valence-electron chi connectivity index (χ0n) is 15.5. The Morgan fingerprint density at radius 2 is 1.80 bits per heavy atom. The van der Waals surface area contributed by atoms with Crippen LogP contribution in [-0.4, -0.2) is 55.6 Å². The first-order chi connectivity index (χ1) is 12.3. The Morgan fingerprint density at radius 1 is 1.04 bits per heavy atom. The van der Waals surface area contributed by atoms with Gasteiger partial charge in [-0.3, -0.25) is 4.79 Å². The number of nitrogens with zero attached hydrogens (tertiary/aromatic N) is 2. The molecule has 2 aliphatic heterocycles. The number of carbonyl (C=O) groups excluding carboxylic acids is 1. The van der Waals surface area contributed by atoms with Gasteiger partial charge in [-0.25, -0.2) is 0 Å². The average Bonchev–Trinajstić information content (AvgIpc) is 2.83. The van der Waals surface area contributed by atoms with E-state index >= 15 is 0 Å². The van der Waals surface area contributed by atoms with Gasteiger partial charge in [-0.15, -0.1) is 0 Å². The summed E-state index contributed by atoms with van der Waals surface area (Å²) in [5, 5.41) is 0. The lowest BCUT2D eigenvalue weighted by molar-refractivity contribution is -0.138. The fourth-order valence-corrected chi connectivity index (χ4v) is 4.33. The van der Waals surface area contributed by atoms with Crippen LogP contribution in [0.5, 0.6) is 0 Å². The summed E-state index contributed by atoms with van der Waals surface area (Å²) in [7, 11) is 1.76. The normalized spacial score (nSPS) is 23.6. The molecule has 0 N–H and O–H groups in total. The van der Waals surface area contributed by atoms with Crippen molar-refractivity contribution in [1.29, 1.82) is 0 Å². The highest BCUT2D eigenvalue weighted by Gasteiger charge is 2.34. The Labute approximate surface area is 152 Å². The molecule has 138 valence electrons. The molecule has 2 saturated heterocycles. The molecular weight excluding hydrogens is 312 g/mol. The molecule has 0 bridgehead atoms. The van der Waals surface area contributed by atoms with Crippen LogP contribution >= 0.6 is 0 Å². The summed E-state index contributed by atoms with van der Waals surface area (Å²) in [6.07, 6.45) is 5.71. The Bertz CT molecular complexity index is 526. The van der Waals surface area contributed by atoms with Crippen LogP contribution < -0.4 is 0 Å². The third kappa shape index (κ3) is 5.05. The number of carbonyl (C=O) groups is 1.